The average molecular weight is 325 g/mol. The van der Waals surface area contributed by atoms with Crippen molar-refractivity contribution >= 4 is 34.0 Å². The molecule has 3 heterocycles. The molecule has 0 spiro atoms. The summed E-state index contributed by atoms with van der Waals surface area (Å²) >= 11 is 3.20. The molecular weight excluding hydrogens is 314 g/mol. The minimum absolute atomic E-state index is 0.614. The largest absolute Gasteiger partial charge is 0.338 e. The first-order valence-electron chi connectivity index (χ1n) is 6.73. The second-order valence-corrected chi connectivity index (χ2v) is 6.56. The molecule has 1 aromatic carbocycles. The van der Waals surface area contributed by atoms with Crippen molar-refractivity contribution in [2.45, 2.75) is 10.8 Å². The lowest BCUT2D eigenvalue weighted by atomic mass is 10.2. The van der Waals surface area contributed by atoms with E-state index in [4.69, 9.17) is 4.52 Å². The number of fused-ring (bicyclic) bond motifs is 1. The molecule has 0 bridgehead atoms. The van der Waals surface area contributed by atoms with E-state index in [-0.39, 0.29) is 0 Å². The van der Waals surface area contributed by atoms with E-state index in [1.54, 1.807) is 23.1 Å². The number of pyridine rings is 1. The van der Waals surface area contributed by atoms with E-state index in [2.05, 4.69) is 27.3 Å². The smallest absolute Gasteiger partial charge is 0.237 e. The zero-order valence-corrected chi connectivity index (χ0v) is 13.1. The van der Waals surface area contributed by atoms with E-state index in [0.29, 0.717) is 17.5 Å². The first-order valence-corrected chi connectivity index (χ1v) is 8.60. The van der Waals surface area contributed by atoms with Gasteiger partial charge in [0, 0.05) is 5.39 Å². The molecule has 0 radical (unpaired) electrons. The van der Waals surface area contributed by atoms with Gasteiger partial charge in [-0.15, -0.1) is 11.3 Å². The van der Waals surface area contributed by atoms with E-state index < -0.39 is 0 Å². The van der Waals surface area contributed by atoms with E-state index >= 15 is 0 Å². The quantitative estimate of drug-likeness (QED) is 0.512. The van der Waals surface area contributed by atoms with Crippen molar-refractivity contribution in [1.29, 1.82) is 0 Å². The summed E-state index contributed by atoms with van der Waals surface area (Å²) < 4.78 is 5.29. The third kappa shape index (κ3) is 2.75. The number of rotatable bonds is 4. The maximum atomic E-state index is 5.29. The van der Waals surface area contributed by atoms with Crippen LogP contribution in [0, 0.1) is 0 Å². The van der Waals surface area contributed by atoms with Crippen LogP contribution in [0.4, 0.5) is 0 Å². The van der Waals surface area contributed by atoms with E-state index in [9.17, 15) is 0 Å². The topological polar surface area (TPSA) is 51.8 Å². The molecule has 0 atom stereocenters. The number of nitrogens with zero attached hydrogens (tertiary/aromatic N) is 3. The van der Waals surface area contributed by atoms with Crippen LogP contribution >= 0.6 is 23.1 Å². The Morgan fingerprint density at radius 3 is 2.86 bits per heavy atom. The molecule has 108 valence electrons. The van der Waals surface area contributed by atoms with Crippen LogP contribution < -0.4 is 0 Å². The van der Waals surface area contributed by atoms with Crippen molar-refractivity contribution < 1.29 is 4.52 Å². The summed E-state index contributed by atoms with van der Waals surface area (Å²) in [5.74, 6) is 1.88. The summed E-state index contributed by atoms with van der Waals surface area (Å²) in [6.07, 6.45) is 0. The molecule has 4 nitrogen and oxygen atoms in total. The third-order valence-electron chi connectivity index (χ3n) is 3.13. The lowest BCUT2D eigenvalue weighted by Gasteiger charge is -2.00. The minimum Gasteiger partial charge on any atom is -0.338 e. The van der Waals surface area contributed by atoms with Crippen LogP contribution in [0.25, 0.3) is 21.6 Å². The Morgan fingerprint density at radius 1 is 1.00 bits per heavy atom. The van der Waals surface area contributed by atoms with Gasteiger partial charge >= 0.3 is 0 Å². The van der Waals surface area contributed by atoms with Gasteiger partial charge in [0.25, 0.3) is 0 Å². The maximum absolute atomic E-state index is 5.29. The first kappa shape index (κ1) is 13.5. The first-order chi connectivity index (χ1) is 10.9. The zero-order valence-electron chi connectivity index (χ0n) is 11.5. The molecule has 0 aliphatic carbocycles. The van der Waals surface area contributed by atoms with Crippen molar-refractivity contribution in [1.82, 2.24) is 15.1 Å². The van der Waals surface area contributed by atoms with Gasteiger partial charge in [0.2, 0.25) is 11.7 Å². The highest BCUT2D eigenvalue weighted by atomic mass is 32.2. The van der Waals surface area contributed by atoms with Gasteiger partial charge in [0.05, 0.1) is 21.2 Å². The molecule has 0 amide bonds. The molecule has 0 unspecified atom stereocenters. The van der Waals surface area contributed by atoms with Gasteiger partial charge in [-0.2, -0.15) is 4.98 Å². The molecule has 0 aliphatic heterocycles. The predicted molar refractivity (Wildman–Crippen MR) is 88.9 cm³/mol. The van der Waals surface area contributed by atoms with E-state index in [1.165, 1.54) is 0 Å². The van der Waals surface area contributed by atoms with Crippen LogP contribution in [-0.4, -0.2) is 15.1 Å². The number of hydrogen-bond donors (Lipinski definition) is 0. The SMILES string of the molecule is c1csc(-c2noc(CSc3ccc4ccccc4n3)n2)c1. The zero-order chi connectivity index (χ0) is 14.8. The second kappa shape index (κ2) is 5.90. The average Bonchev–Trinajstić information content (AvgIpc) is 3.24. The lowest BCUT2D eigenvalue weighted by Crippen LogP contribution is -1.85. The van der Waals surface area contributed by atoms with Crippen molar-refractivity contribution in [2.75, 3.05) is 0 Å². The Hall–Kier alpha value is -2.18. The predicted octanol–water partition coefficient (Wildman–Crippen LogP) is 4.64. The Kier molecular flexibility index (Phi) is 3.62. The monoisotopic (exact) mass is 325 g/mol. The summed E-state index contributed by atoms with van der Waals surface area (Å²) in [5.41, 5.74) is 0.998. The number of thiophene rings is 1. The molecule has 4 rings (SSSR count). The maximum Gasteiger partial charge on any atom is 0.237 e. The molecule has 0 fully saturated rings. The van der Waals surface area contributed by atoms with Crippen LogP contribution in [-0.2, 0) is 5.75 Å². The number of hydrogen-bond acceptors (Lipinski definition) is 6. The van der Waals surface area contributed by atoms with Crippen LogP contribution in [0.3, 0.4) is 0 Å². The van der Waals surface area contributed by atoms with Crippen LogP contribution in [0.15, 0.2) is 63.5 Å². The van der Waals surface area contributed by atoms with Crippen molar-refractivity contribution in [3.05, 3.63) is 59.8 Å². The fourth-order valence-electron chi connectivity index (χ4n) is 2.08. The lowest BCUT2D eigenvalue weighted by molar-refractivity contribution is 0.392. The van der Waals surface area contributed by atoms with E-state index in [0.717, 1.165) is 20.8 Å². The summed E-state index contributed by atoms with van der Waals surface area (Å²) in [6, 6.07) is 16.1. The molecule has 0 saturated carbocycles. The van der Waals surface area contributed by atoms with Gasteiger partial charge in [-0.05, 0) is 23.6 Å². The highest BCUT2D eigenvalue weighted by Gasteiger charge is 2.10. The number of aromatic nitrogens is 3. The van der Waals surface area contributed by atoms with Crippen molar-refractivity contribution in [3.8, 4) is 10.7 Å². The number of benzene rings is 1. The highest BCUT2D eigenvalue weighted by Crippen LogP contribution is 2.25. The minimum atomic E-state index is 0.614. The molecule has 3 aromatic heterocycles. The molecule has 0 N–H and O–H groups in total. The molecular formula is C16H11N3OS2. The van der Waals surface area contributed by atoms with Gasteiger partial charge < -0.3 is 4.52 Å². The highest BCUT2D eigenvalue weighted by molar-refractivity contribution is 7.98. The van der Waals surface area contributed by atoms with Crippen LogP contribution in [0.2, 0.25) is 0 Å². The Balaban J connectivity index is 1.49. The third-order valence-corrected chi connectivity index (χ3v) is 4.91. The normalized spacial score (nSPS) is 11.1. The molecule has 6 heteroatoms. The molecule has 4 aromatic rings. The summed E-state index contributed by atoms with van der Waals surface area (Å²) in [6.45, 7) is 0. The summed E-state index contributed by atoms with van der Waals surface area (Å²) in [7, 11) is 0. The number of thioether (sulfide) groups is 1. The van der Waals surface area contributed by atoms with Crippen LogP contribution in [0.1, 0.15) is 5.89 Å². The van der Waals surface area contributed by atoms with Crippen molar-refractivity contribution in [3.63, 3.8) is 0 Å². The molecule has 0 aliphatic rings. The Bertz CT molecular complexity index is 903. The van der Waals surface area contributed by atoms with Gasteiger partial charge in [0.15, 0.2) is 0 Å². The molecule has 0 saturated heterocycles. The fourth-order valence-corrected chi connectivity index (χ4v) is 3.45. The Morgan fingerprint density at radius 2 is 1.95 bits per heavy atom. The van der Waals surface area contributed by atoms with Gasteiger partial charge in [-0.1, -0.05) is 47.3 Å². The number of para-hydroxylation sites is 1. The van der Waals surface area contributed by atoms with Crippen LogP contribution in [0.5, 0.6) is 0 Å². The Labute approximate surface area is 135 Å². The summed E-state index contributed by atoms with van der Waals surface area (Å²) in [4.78, 5) is 10.1. The summed E-state index contributed by atoms with van der Waals surface area (Å²) in [5, 5.41) is 8.11. The standard InChI is InChI=1S/C16H11N3OS2/c1-2-5-12-11(4-1)7-8-15(17-12)22-10-14-18-16(19-20-14)13-6-3-9-21-13/h1-9H,10H2. The van der Waals surface area contributed by atoms with Crippen molar-refractivity contribution in [2.24, 2.45) is 0 Å². The molecule has 22 heavy (non-hydrogen) atoms. The van der Waals surface area contributed by atoms with Gasteiger partial charge in [0.1, 0.15) is 0 Å². The van der Waals surface area contributed by atoms with Gasteiger partial charge in [-0.3, -0.25) is 0 Å². The second-order valence-electron chi connectivity index (χ2n) is 4.62. The van der Waals surface area contributed by atoms with Gasteiger partial charge in [-0.25, -0.2) is 4.98 Å². The van der Waals surface area contributed by atoms with E-state index in [1.807, 2.05) is 41.8 Å². The fraction of sp³-hybridized carbons (Fsp3) is 0.0625.